The molecule has 1 atom stereocenters. The molecule has 6 heteroatoms. The molecule has 0 aromatic rings. The second kappa shape index (κ2) is 7.59. The Morgan fingerprint density at radius 2 is 2.00 bits per heavy atom. The van der Waals surface area contributed by atoms with E-state index in [9.17, 15) is 4.79 Å². The molecular formula is C10H17Cl3O2Si. The number of hydrogen-bond acceptors (Lipinski definition) is 2. The van der Waals surface area contributed by atoms with Gasteiger partial charge in [-0.3, -0.25) is 0 Å². The topological polar surface area (TPSA) is 26.3 Å². The zero-order valence-electron chi connectivity index (χ0n) is 9.56. The number of ether oxygens (including phenoxy) is 1. The molecule has 1 unspecified atom stereocenters. The normalized spacial score (nSPS) is 13.3. The van der Waals surface area contributed by atoms with Crippen LogP contribution in [-0.2, 0) is 9.53 Å². The van der Waals surface area contributed by atoms with E-state index >= 15 is 0 Å². The van der Waals surface area contributed by atoms with Crippen LogP contribution in [0.1, 0.15) is 32.6 Å². The number of hydrogen-bond donors (Lipinski definition) is 0. The predicted molar refractivity (Wildman–Crippen MR) is 72.4 cm³/mol. The third-order valence-corrected chi connectivity index (χ3v) is 6.53. The highest BCUT2D eigenvalue weighted by molar-refractivity contribution is 7.65. The average Bonchev–Trinajstić information content (AvgIpc) is 2.20. The lowest BCUT2D eigenvalue weighted by molar-refractivity contribution is -0.136. The van der Waals surface area contributed by atoms with E-state index in [0.29, 0.717) is 12.0 Å². The fourth-order valence-corrected chi connectivity index (χ4v) is 4.04. The smallest absolute Gasteiger partial charge is 0.344 e. The van der Waals surface area contributed by atoms with Crippen LogP contribution in [0.2, 0.25) is 5.54 Å². The van der Waals surface area contributed by atoms with Crippen molar-refractivity contribution in [1.29, 1.82) is 0 Å². The summed E-state index contributed by atoms with van der Waals surface area (Å²) in [7, 11) is 1.32. The van der Waals surface area contributed by atoms with Gasteiger partial charge in [0.2, 0.25) is 0 Å². The van der Waals surface area contributed by atoms with Crippen molar-refractivity contribution >= 4 is 45.2 Å². The van der Waals surface area contributed by atoms with Crippen molar-refractivity contribution < 1.29 is 9.53 Å². The summed E-state index contributed by atoms with van der Waals surface area (Å²) >= 11 is 18.0. The van der Waals surface area contributed by atoms with Gasteiger partial charge in [-0.2, -0.15) is 0 Å². The minimum atomic E-state index is -2.80. The van der Waals surface area contributed by atoms with Gasteiger partial charge in [-0.25, -0.2) is 4.79 Å². The molecule has 0 aromatic heterocycles. The zero-order chi connectivity index (χ0) is 12.8. The van der Waals surface area contributed by atoms with Crippen LogP contribution < -0.4 is 0 Å². The van der Waals surface area contributed by atoms with Gasteiger partial charge in [0.1, 0.15) is 0 Å². The molecule has 0 bridgehead atoms. The molecule has 2 nitrogen and oxygen atoms in total. The minimum absolute atomic E-state index is 0.0657. The van der Waals surface area contributed by atoms with Gasteiger partial charge in [0.25, 0.3) is 0 Å². The van der Waals surface area contributed by atoms with E-state index in [1.807, 2.05) is 0 Å². The van der Waals surface area contributed by atoms with Crippen LogP contribution in [-0.4, -0.2) is 19.1 Å². The van der Waals surface area contributed by atoms with Crippen molar-refractivity contribution in [2.24, 2.45) is 0 Å². The lowest BCUT2D eigenvalue weighted by Crippen LogP contribution is -2.22. The first kappa shape index (κ1) is 16.3. The molecule has 94 valence electrons. The summed E-state index contributed by atoms with van der Waals surface area (Å²) in [6, 6.07) is -2.80. The Bertz CT molecular complexity index is 251. The van der Waals surface area contributed by atoms with E-state index < -0.39 is 12.0 Å². The molecule has 0 aliphatic carbocycles. The van der Waals surface area contributed by atoms with E-state index in [1.165, 1.54) is 7.11 Å². The van der Waals surface area contributed by atoms with Crippen LogP contribution in [0.25, 0.3) is 0 Å². The van der Waals surface area contributed by atoms with E-state index in [4.69, 9.17) is 33.2 Å². The Kier molecular flexibility index (Phi) is 7.73. The van der Waals surface area contributed by atoms with Crippen LogP contribution in [0.5, 0.6) is 0 Å². The van der Waals surface area contributed by atoms with Crippen molar-refractivity contribution in [2.45, 2.75) is 38.1 Å². The Morgan fingerprint density at radius 3 is 2.38 bits per heavy atom. The Hall–Kier alpha value is 0.297. The highest BCUT2D eigenvalue weighted by Gasteiger charge is 2.37. The van der Waals surface area contributed by atoms with Gasteiger partial charge in [-0.15, -0.1) is 33.2 Å². The molecule has 0 saturated carbocycles. The molecule has 0 aromatic carbocycles. The Labute approximate surface area is 112 Å². The van der Waals surface area contributed by atoms with Crippen molar-refractivity contribution in [2.75, 3.05) is 7.11 Å². The quantitative estimate of drug-likeness (QED) is 0.303. The van der Waals surface area contributed by atoms with Gasteiger partial charge in [0.05, 0.1) is 7.11 Å². The van der Waals surface area contributed by atoms with Gasteiger partial charge >= 0.3 is 12.0 Å². The third kappa shape index (κ3) is 6.14. The van der Waals surface area contributed by atoms with Crippen molar-refractivity contribution in [3.05, 3.63) is 12.2 Å². The molecule has 0 spiro atoms. The van der Waals surface area contributed by atoms with Crippen molar-refractivity contribution in [1.82, 2.24) is 0 Å². The lowest BCUT2D eigenvalue weighted by Gasteiger charge is -2.22. The van der Waals surface area contributed by atoms with Crippen LogP contribution in [0.3, 0.4) is 0 Å². The zero-order valence-corrected chi connectivity index (χ0v) is 12.8. The molecule has 0 radical (unpaired) electrons. The molecular weight excluding hydrogens is 287 g/mol. The van der Waals surface area contributed by atoms with Crippen molar-refractivity contribution in [3.63, 3.8) is 0 Å². The average molecular weight is 304 g/mol. The van der Waals surface area contributed by atoms with Gasteiger partial charge in [0.15, 0.2) is 0 Å². The number of methoxy groups -OCH3 is 1. The van der Waals surface area contributed by atoms with Gasteiger partial charge < -0.3 is 4.74 Å². The minimum Gasteiger partial charge on any atom is -0.466 e. The maximum Gasteiger partial charge on any atom is 0.344 e. The summed E-state index contributed by atoms with van der Waals surface area (Å²) < 4.78 is 4.58. The van der Waals surface area contributed by atoms with Gasteiger partial charge in [0, 0.05) is 5.57 Å². The summed E-state index contributed by atoms with van der Waals surface area (Å²) in [6.07, 6.45) is 3.25. The summed E-state index contributed by atoms with van der Waals surface area (Å²) in [5, 5.41) is 0. The number of halogens is 3. The standard InChI is InChI=1S/C10H17Cl3O2Si/c1-4-5-6-9(16(11,12)13)7-8(2)10(14)15-3/h9H,2,4-7H2,1,3H3. The fourth-order valence-electron chi connectivity index (χ4n) is 1.36. The predicted octanol–water partition coefficient (Wildman–Crippen LogP) is 4.32. The number of esters is 1. The molecule has 0 rings (SSSR count). The largest absolute Gasteiger partial charge is 0.466 e. The molecule has 0 aliphatic rings. The van der Waals surface area contributed by atoms with Gasteiger partial charge in [-0.05, 0) is 18.4 Å². The number of unbranched alkanes of at least 4 members (excludes halogenated alkanes) is 1. The SMILES string of the molecule is C=C(CC(CCCC)[Si](Cl)(Cl)Cl)C(=O)OC. The first-order chi connectivity index (χ1) is 7.32. The third-order valence-electron chi connectivity index (χ3n) is 2.34. The van der Waals surface area contributed by atoms with E-state index in [1.54, 1.807) is 0 Å². The highest BCUT2D eigenvalue weighted by Crippen LogP contribution is 2.41. The van der Waals surface area contributed by atoms with E-state index in [0.717, 1.165) is 19.3 Å². The Balaban J connectivity index is 4.43. The summed E-state index contributed by atoms with van der Waals surface area (Å²) in [4.78, 5) is 11.2. The molecule has 0 saturated heterocycles. The second-order valence-electron chi connectivity index (χ2n) is 3.68. The summed E-state index contributed by atoms with van der Waals surface area (Å²) in [5.74, 6) is -0.426. The summed E-state index contributed by atoms with van der Waals surface area (Å²) in [5.41, 5.74) is 0.312. The Morgan fingerprint density at radius 1 is 1.44 bits per heavy atom. The molecule has 16 heavy (non-hydrogen) atoms. The van der Waals surface area contributed by atoms with Crippen LogP contribution in [0, 0.1) is 0 Å². The van der Waals surface area contributed by atoms with Gasteiger partial charge in [-0.1, -0.05) is 26.3 Å². The van der Waals surface area contributed by atoms with Crippen LogP contribution in [0.15, 0.2) is 12.2 Å². The molecule has 0 N–H and O–H groups in total. The maximum atomic E-state index is 11.2. The first-order valence-corrected chi connectivity index (χ1v) is 10.3. The number of carbonyl (C=O) groups is 1. The molecule has 0 amide bonds. The fraction of sp³-hybridized carbons (Fsp3) is 0.700. The molecule has 0 aliphatic heterocycles. The van der Waals surface area contributed by atoms with E-state index in [-0.39, 0.29) is 5.54 Å². The van der Waals surface area contributed by atoms with E-state index in [2.05, 4.69) is 18.2 Å². The highest BCUT2D eigenvalue weighted by atomic mass is 35.8. The lowest BCUT2D eigenvalue weighted by atomic mass is 10.1. The summed E-state index contributed by atoms with van der Waals surface area (Å²) in [6.45, 7) is 5.73. The van der Waals surface area contributed by atoms with Crippen LogP contribution in [0.4, 0.5) is 0 Å². The monoisotopic (exact) mass is 302 g/mol. The molecule has 0 heterocycles. The number of carbonyl (C=O) groups excluding carboxylic acids is 1. The number of rotatable bonds is 7. The molecule has 0 fully saturated rings. The first-order valence-electron chi connectivity index (χ1n) is 5.15. The van der Waals surface area contributed by atoms with Crippen molar-refractivity contribution in [3.8, 4) is 0 Å². The van der Waals surface area contributed by atoms with Crippen LogP contribution >= 0.6 is 33.2 Å². The second-order valence-corrected chi connectivity index (χ2v) is 12.7. The maximum absolute atomic E-state index is 11.2.